The highest BCUT2D eigenvalue weighted by atomic mass is 35.5. The molecule has 21 heavy (non-hydrogen) atoms. The number of amides is 1. The molecule has 2 rings (SSSR count). The molecule has 2 N–H and O–H groups in total. The minimum Gasteiger partial charge on any atom is -0.322 e. The summed E-state index contributed by atoms with van der Waals surface area (Å²) in [6.45, 7) is 2.48. The lowest BCUT2D eigenvalue weighted by atomic mass is 10.2. The summed E-state index contributed by atoms with van der Waals surface area (Å²) in [4.78, 5) is 12.0. The van der Waals surface area contributed by atoms with Crippen LogP contribution in [-0.4, -0.2) is 27.9 Å². The van der Waals surface area contributed by atoms with Crippen molar-refractivity contribution in [2.75, 3.05) is 12.4 Å². The molecule has 1 amide bonds. The Morgan fingerprint density at radius 3 is 2.86 bits per heavy atom. The summed E-state index contributed by atoms with van der Waals surface area (Å²) in [6, 6.07) is 3.49. The third kappa shape index (κ3) is 3.93. The largest absolute Gasteiger partial charge is 0.322 e. The van der Waals surface area contributed by atoms with Crippen molar-refractivity contribution in [1.82, 2.24) is 20.3 Å². The first-order valence-corrected chi connectivity index (χ1v) is 7.05. The van der Waals surface area contributed by atoms with Crippen LogP contribution in [0.2, 0.25) is 10.0 Å². The third-order valence-corrected chi connectivity index (χ3v) is 3.60. The fraction of sp³-hybridized carbons (Fsp3) is 0.308. The van der Waals surface area contributed by atoms with Gasteiger partial charge in [-0.1, -0.05) is 34.5 Å². The first kappa shape index (κ1) is 15.8. The molecular weight excluding hydrogens is 313 g/mol. The van der Waals surface area contributed by atoms with E-state index in [0.717, 1.165) is 11.3 Å². The number of hydrogen-bond donors (Lipinski definition) is 2. The van der Waals surface area contributed by atoms with Crippen LogP contribution < -0.4 is 10.6 Å². The average Bonchev–Trinajstić information content (AvgIpc) is 2.87. The Kier molecular flexibility index (Phi) is 5.17. The number of carbonyl (C=O) groups excluding carboxylic acids is 1. The molecule has 0 fully saturated rings. The normalized spacial score (nSPS) is 10.7. The zero-order chi connectivity index (χ0) is 15.4. The standard InChI is InChI=1S/C13H15Cl2N5O/c1-8-3-4-10(14)13(12(8)15)17-11(21)7-20-6-9(5-16-2)18-19-20/h3-4,6,16H,5,7H2,1-2H3,(H,17,21). The van der Waals surface area contributed by atoms with E-state index in [0.29, 0.717) is 22.3 Å². The smallest absolute Gasteiger partial charge is 0.246 e. The summed E-state index contributed by atoms with van der Waals surface area (Å²) in [5.74, 6) is -0.273. The lowest BCUT2D eigenvalue weighted by Crippen LogP contribution is -2.19. The molecule has 112 valence electrons. The lowest BCUT2D eigenvalue weighted by Gasteiger charge is -2.10. The third-order valence-electron chi connectivity index (χ3n) is 2.80. The van der Waals surface area contributed by atoms with Gasteiger partial charge in [0.05, 0.1) is 27.6 Å². The number of benzene rings is 1. The van der Waals surface area contributed by atoms with Crippen molar-refractivity contribution in [3.8, 4) is 0 Å². The highest BCUT2D eigenvalue weighted by Crippen LogP contribution is 2.32. The number of aryl methyl sites for hydroxylation is 1. The molecule has 0 aliphatic heterocycles. The van der Waals surface area contributed by atoms with Crippen LogP contribution in [0.4, 0.5) is 5.69 Å². The first-order chi connectivity index (χ1) is 10.0. The first-order valence-electron chi connectivity index (χ1n) is 6.29. The summed E-state index contributed by atoms with van der Waals surface area (Å²) in [7, 11) is 1.81. The van der Waals surface area contributed by atoms with E-state index in [9.17, 15) is 4.79 Å². The minimum absolute atomic E-state index is 0.0390. The number of anilines is 1. The van der Waals surface area contributed by atoms with Gasteiger partial charge in [0, 0.05) is 6.54 Å². The van der Waals surface area contributed by atoms with Gasteiger partial charge in [0.25, 0.3) is 0 Å². The van der Waals surface area contributed by atoms with Gasteiger partial charge in [0.1, 0.15) is 6.54 Å². The molecule has 8 heteroatoms. The van der Waals surface area contributed by atoms with Crippen LogP contribution in [0.3, 0.4) is 0 Å². The maximum atomic E-state index is 12.0. The van der Waals surface area contributed by atoms with Gasteiger partial charge in [0.2, 0.25) is 5.91 Å². The molecule has 6 nitrogen and oxygen atoms in total. The van der Waals surface area contributed by atoms with E-state index in [1.165, 1.54) is 4.68 Å². The van der Waals surface area contributed by atoms with Crippen molar-refractivity contribution in [3.63, 3.8) is 0 Å². The van der Waals surface area contributed by atoms with Crippen LogP contribution in [0.25, 0.3) is 0 Å². The quantitative estimate of drug-likeness (QED) is 0.883. The van der Waals surface area contributed by atoms with Crippen molar-refractivity contribution < 1.29 is 4.79 Å². The second kappa shape index (κ2) is 6.89. The molecule has 1 aromatic heterocycles. The molecule has 0 bridgehead atoms. The Bertz CT molecular complexity index is 656. The molecule has 0 atom stereocenters. The van der Waals surface area contributed by atoms with E-state index >= 15 is 0 Å². The van der Waals surface area contributed by atoms with Gasteiger partial charge in [-0.3, -0.25) is 4.79 Å². The van der Waals surface area contributed by atoms with Crippen LogP contribution in [0.1, 0.15) is 11.3 Å². The number of aromatic nitrogens is 3. The predicted molar refractivity (Wildman–Crippen MR) is 82.6 cm³/mol. The zero-order valence-electron chi connectivity index (χ0n) is 11.7. The second-order valence-electron chi connectivity index (χ2n) is 4.54. The van der Waals surface area contributed by atoms with Gasteiger partial charge >= 0.3 is 0 Å². The number of rotatable bonds is 5. The summed E-state index contributed by atoms with van der Waals surface area (Å²) >= 11 is 12.2. The Hall–Kier alpha value is -1.63. The average molecular weight is 328 g/mol. The van der Waals surface area contributed by atoms with Gasteiger partial charge in [-0.25, -0.2) is 4.68 Å². The van der Waals surface area contributed by atoms with Crippen molar-refractivity contribution in [1.29, 1.82) is 0 Å². The van der Waals surface area contributed by atoms with E-state index in [1.807, 2.05) is 14.0 Å². The van der Waals surface area contributed by atoms with Gasteiger partial charge in [0.15, 0.2) is 0 Å². The van der Waals surface area contributed by atoms with Crippen LogP contribution >= 0.6 is 23.2 Å². The Labute approximate surface area is 132 Å². The van der Waals surface area contributed by atoms with Crippen molar-refractivity contribution >= 4 is 34.8 Å². The summed E-state index contributed by atoms with van der Waals surface area (Å²) < 4.78 is 1.46. The summed E-state index contributed by atoms with van der Waals surface area (Å²) in [5.41, 5.74) is 2.02. The molecule has 0 radical (unpaired) electrons. The number of halogens is 2. The molecule has 0 aliphatic rings. The zero-order valence-corrected chi connectivity index (χ0v) is 13.2. The SMILES string of the molecule is CNCc1cn(CC(=O)Nc2c(Cl)ccc(C)c2Cl)nn1. The predicted octanol–water partition coefficient (Wildman–Crippen LogP) is 2.25. The number of nitrogens with zero attached hydrogens (tertiary/aromatic N) is 3. The van der Waals surface area contributed by atoms with Crippen molar-refractivity contribution in [2.45, 2.75) is 20.0 Å². The number of nitrogens with one attached hydrogen (secondary N) is 2. The summed E-state index contributed by atoms with van der Waals surface area (Å²) in [6.07, 6.45) is 1.70. The Morgan fingerprint density at radius 1 is 1.38 bits per heavy atom. The summed E-state index contributed by atoms with van der Waals surface area (Å²) in [5, 5.41) is 14.3. The molecule has 0 spiro atoms. The highest BCUT2D eigenvalue weighted by molar-refractivity contribution is 6.40. The fourth-order valence-corrected chi connectivity index (χ4v) is 2.24. The van der Waals surface area contributed by atoms with Crippen LogP contribution in [0.15, 0.2) is 18.3 Å². The minimum atomic E-state index is -0.273. The van der Waals surface area contributed by atoms with Crippen molar-refractivity contribution in [2.24, 2.45) is 0 Å². The van der Waals surface area contributed by atoms with E-state index in [-0.39, 0.29) is 12.5 Å². The van der Waals surface area contributed by atoms with Crippen LogP contribution in [-0.2, 0) is 17.9 Å². The van der Waals surface area contributed by atoms with Gasteiger partial charge < -0.3 is 10.6 Å². The molecule has 1 heterocycles. The van der Waals surface area contributed by atoms with E-state index < -0.39 is 0 Å². The van der Waals surface area contributed by atoms with E-state index in [2.05, 4.69) is 20.9 Å². The number of carbonyl (C=O) groups is 1. The van der Waals surface area contributed by atoms with Crippen LogP contribution in [0.5, 0.6) is 0 Å². The topological polar surface area (TPSA) is 71.8 Å². The van der Waals surface area contributed by atoms with E-state index in [1.54, 1.807) is 18.3 Å². The maximum absolute atomic E-state index is 12.0. The van der Waals surface area contributed by atoms with Crippen LogP contribution in [0, 0.1) is 6.92 Å². The Balaban J connectivity index is 2.06. The molecular formula is C13H15Cl2N5O. The molecule has 0 saturated carbocycles. The molecule has 1 aromatic carbocycles. The maximum Gasteiger partial charge on any atom is 0.246 e. The highest BCUT2D eigenvalue weighted by Gasteiger charge is 2.13. The van der Waals surface area contributed by atoms with E-state index in [4.69, 9.17) is 23.2 Å². The van der Waals surface area contributed by atoms with Gasteiger partial charge in [-0.2, -0.15) is 0 Å². The monoisotopic (exact) mass is 327 g/mol. The second-order valence-corrected chi connectivity index (χ2v) is 5.32. The molecule has 0 saturated heterocycles. The fourth-order valence-electron chi connectivity index (χ4n) is 1.78. The molecule has 0 aliphatic carbocycles. The van der Waals surface area contributed by atoms with Gasteiger partial charge in [-0.15, -0.1) is 5.10 Å². The lowest BCUT2D eigenvalue weighted by molar-refractivity contribution is -0.116. The van der Waals surface area contributed by atoms with Gasteiger partial charge in [-0.05, 0) is 25.6 Å². The Morgan fingerprint density at radius 2 is 2.14 bits per heavy atom. The molecule has 2 aromatic rings. The van der Waals surface area contributed by atoms with Crippen molar-refractivity contribution in [3.05, 3.63) is 39.6 Å². The molecule has 0 unspecified atom stereocenters. The number of hydrogen-bond acceptors (Lipinski definition) is 4.